The summed E-state index contributed by atoms with van der Waals surface area (Å²) in [5.41, 5.74) is 5.42. The van der Waals surface area contributed by atoms with E-state index in [9.17, 15) is 4.79 Å². The van der Waals surface area contributed by atoms with Crippen LogP contribution in [-0.2, 0) is 11.3 Å². The van der Waals surface area contributed by atoms with E-state index >= 15 is 0 Å². The lowest BCUT2D eigenvalue weighted by atomic mass is 10.2. The first-order chi connectivity index (χ1) is 9.10. The maximum Gasteiger partial charge on any atom is 0.244 e. The van der Waals surface area contributed by atoms with Crippen LogP contribution in [0, 0.1) is 0 Å². The number of carbonyl (C=O) groups excluding carboxylic acids is 1. The van der Waals surface area contributed by atoms with E-state index < -0.39 is 0 Å². The van der Waals surface area contributed by atoms with E-state index in [2.05, 4.69) is 21.9 Å². The summed E-state index contributed by atoms with van der Waals surface area (Å²) in [5, 5.41) is 3.92. The molecular weight excluding hydrogens is 244 g/mol. The molecule has 7 heteroatoms. The van der Waals surface area contributed by atoms with Gasteiger partial charge in [-0.05, 0) is 25.9 Å². The first-order valence-electron chi connectivity index (χ1n) is 6.73. The Morgan fingerprint density at radius 3 is 3.05 bits per heavy atom. The third-order valence-corrected chi connectivity index (χ3v) is 3.67. The molecule has 1 unspecified atom stereocenters. The zero-order valence-corrected chi connectivity index (χ0v) is 11.6. The molecule has 0 radical (unpaired) electrons. The van der Waals surface area contributed by atoms with Crippen LogP contribution in [-0.4, -0.2) is 63.2 Å². The van der Waals surface area contributed by atoms with Gasteiger partial charge in [0, 0.05) is 19.6 Å². The van der Waals surface area contributed by atoms with E-state index in [0.29, 0.717) is 6.04 Å². The Bertz CT molecular complexity index is 432. The highest BCUT2D eigenvalue weighted by Crippen LogP contribution is 2.17. The maximum atomic E-state index is 12.1. The molecular formula is C12H22N6O. The Morgan fingerprint density at radius 2 is 2.42 bits per heavy atom. The van der Waals surface area contributed by atoms with Gasteiger partial charge in [0.15, 0.2) is 0 Å². The molecule has 1 atom stereocenters. The summed E-state index contributed by atoms with van der Waals surface area (Å²) in [4.78, 5) is 20.1. The number of anilines is 1. The largest absolute Gasteiger partial charge is 0.367 e. The highest BCUT2D eigenvalue weighted by molar-refractivity contribution is 5.75. The van der Waals surface area contributed by atoms with E-state index in [1.165, 1.54) is 23.9 Å². The Balaban J connectivity index is 1.85. The zero-order valence-electron chi connectivity index (χ0n) is 11.6. The maximum absolute atomic E-state index is 12.1. The van der Waals surface area contributed by atoms with Gasteiger partial charge in [0.25, 0.3) is 0 Å². The van der Waals surface area contributed by atoms with Crippen LogP contribution in [0.3, 0.4) is 0 Å². The molecule has 7 nitrogen and oxygen atoms in total. The van der Waals surface area contributed by atoms with Gasteiger partial charge >= 0.3 is 0 Å². The molecule has 1 aromatic rings. The number of aromatic nitrogens is 3. The first-order valence-corrected chi connectivity index (χ1v) is 6.73. The number of likely N-dealkylation sites (tertiary alicyclic amines) is 1. The lowest BCUT2D eigenvalue weighted by Crippen LogP contribution is -2.42. The summed E-state index contributed by atoms with van der Waals surface area (Å²) in [6, 6.07) is 0.486. The fourth-order valence-electron chi connectivity index (χ4n) is 2.58. The van der Waals surface area contributed by atoms with Gasteiger partial charge < -0.3 is 10.6 Å². The predicted molar refractivity (Wildman–Crippen MR) is 72.3 cm³/mol. The number of likely N-dealkylation sites (N-methyl/N-ethyl adjacent to an activating group) is 2. The number of nitrogens with zero attached hydrogens (tertiary/aromatic N) is 5. The van der Waals surface area contributed by atoms with E-state index in [1.54, 1.807) is 4.90 Å². The van der Waals surface area contributed by atoms with Crippen molar-refractivity contribution in [1.82, 2.24) is 24.6 Å². The minimum absolute atomic E-state index is 0.0350. The second kappa shape index (κ2) is 6.01. The summed E-state index contributed by atoms with van der Waals surface area (Å²) < 4.78 is 1.47. The summed E-state index contributed by atoms with van der Waals surface area (Å²) in [7, 11) is 1.84. The zero-order chi connectivity index (χ0) is 13.8. The van der Waals surface area contributed by atoms with Crippen molar-refractivity contribution in [3.05, 3.63) is 6.33 Å². The van der Waals surface area contributed by atoms with Gasteiger partial charge in [0.1, 0.15) is 12.9 Å². The molecule has 0 bridgehead atoms. The highest BCUT2D eigenvalue weighted by Gasteiger charge is 2.25. The molecule has 0 aromatic carbocycles. The van der Waals surface area contributed by atoms with Crippen molar-refractivity contribution in [2.75, 3.05) is 32.4 Å². The smallest absolute Gasteiger partial charge is 0.244 e. The molecule has 1 aromatic heterocycles. The predicted octanol–water partition coefficient (Wildman–Crippen LogP) is -0.197. The number of carbonyl (C=O) groups is 1. The summed E-state index contributed by atoms with van der Waals surface area (Å²) >= 11 is 0. The highest BCUT2D eigenvalue weighted by atomic mass is 16.2. The molecule has 19 heavy (non-hydrogen) atoms. The monoisotopic (exact) mass is 266 g/mol. The van der Waals surface area contributed by atoms with Crippen molar-refractivity contribution in [1.29, 1.82) is 0 Å². The van der Waals surface area contributed by atoms with Gasteiger partial charge in [-0.3, -0.25) is 9.69 Å². The molecule has 2 rings (SSSR count). The molecule has 1 fully saturated rings. The number of amides is 1. The van der Waals surface area contributed by atoms with Gasteiger partial charge in [0.2, 0.25) is 11.9 Å². The Labute approximate surface area is 113 Å². The van der Waals surface area contributed by atoms with Crippen LogP contribution in [0.2, 0.25) is 0 Å². The molecule has 106 valence electrons. The SMILES string of the molecule is CCN1CCCC1CN(C)C(=O)Cn1cnc(N)n1. The van der Waals surface area contributed by atoms with Crippen molar-refractivity contribution in [2.45, 2.75) is 32.4 Å². The standard InChI is InChI=1S/C12H22N6O/c1-3-17-6-4-5-10(17)7-16(2)11(19)8-18-9-14-12(13)15-18/h9-10H,3-8H2,1-2H3,(H2,13,15). The summed E-state index contributed by atoms with van der Waals surface area (Å²) in [5.74, 6) is 0.233. The van der Waals surface area contributed by atoms with E-state index in [0.717, 1.165) is 19.6 Å². The lowest BCUT2D eigenvalue weighted by molar-refractivity contribution is -0.131. The van der Waals surface area contributed by atoms with Gasteiger partial charge in [-0.25, -0.2) is 9.67 Å². The van der Waals surface area contributed by atoms with E-state index in [1.807, 2.05) is 7.05 Å². The topological polar surface area (TPSA) is 80.3 Å². The molecule has 1 aliphatic heterocycles. The fraction of sp³-hybridized carbons (Fsp3) is 0.750. The fourth-order valence-corrected chi connectivity index (χ4v) is 2.58. The summed E-state index contributed by atoms with van der Waals surface area (Å²) in [6.07, 6.45) is 3.87. The average Bonchev–Trinajstić information content (AvgIpc) is 2.98. The van der Waals surface area contributed by atoms with Crippen molar-refractivity contribution in [3.63, 3.8) is 0 Å². The number of rotatable bonds is 5. The van der Waals surface area contributed by atoms with Gasteiger partial charge in [0.05, 0.1) is 0 Å². The molecule has 1 aliphatic rings. The molecule has 1 saturated heterocycles. The van der Waals surface area contributed by atoms with Crippen LogP contribution in [0.4, 0.5) is 5.95 Å². The quantitative estimate of drug-likeness (QED) is 0.798. The summed E-state index contributed by atoms with van der Waals surface area (Å²) in [6.45, 7) is 5.32. The van der Waals surface area contributed by atoms with Crippen LogP contribution < -0.4 is 5.73 Å². The van der Waals surface area contributed by atoms with Crippen molar-refractivity contribution >= 4 is 11.9 Å². The van der Waals surface area contributed by atoms with Gasteiger partial charge in [-0.2, -0.15) is 0 Å². The molecule has 1 amide bonds. The second-order valence-electron chi connectivity index (χ2n) is 5.00. The minimum Gasteiger partial charge on any atom is -0.367 e. The molecule has 0 saturated carbocycles. The third-order valence-electron chi connectivity index (χ3n) is 3.67. The van der Waals surface area contributed by atoms with E-state index in [4.69, 9.17) is 5.73 Å². The van der Waals surface area contributed by atoms with Crippen LogP contribution in [0.25, 0.3) is 0 Å². The van der Waals surface area contributed by atoms with Crippen LogP contribution in [0.1, 0.15) is 19.8 Å². The number of nitrogens with two attached hydrogens (primary N) is 1. The average molecular weight is 266 g/mol. The Morgan fingerprint density at radius 1 is 1.63 bits per heavy atom. The number of hydrogen-bond donors (Lipinski definition) is 1. The number of hydrogen-bond acceptors (Lipinski definition) is 5. The van der Waals surface area contributed by atoms with Crippen molar-refractivity contribution in [2.24, 2.45) is 0 Å². The normalized spacial score (nSPS) is 19.8. The third kappa shape index (κ3) is 3.44. The van der Waals surface area contributed by atoms with Gasteiger partial charge in [-0.15, -0.1) is 5.10 Å². The first kappa shape index (κ1) is 13.8. The van der Waals surface area contributed by atoms with Crippen LogP contribution in [0.15, 0.2) is 6.33 Å². The van der Waals surface area contributed by atoms with Crippen LogP contribution in [0.5, 0.6) is 0 Å². The van der Waals surface area contributed by atoms with E-state index in [-0.39, 0.29) is 18.4 Å². The molecule has 2 heterocycles. The molecule has 2 N–H and O–H groups in total. The minimum atomic E-state index is 0.0350. The Kier molecular flexibility index (Phi) is 4.36. The van der Waals surface area contributed by atoms with Crippen molar-refractivity contribution < 1.29 is 4.79 Å². The Hall–Kier alpha value is -1.63. The lowest BCUT2D eigenvalue weighted by Gasteiger charge is -2.27. The van der Waals surface area contributed by atoms with Crippen molar-refractivity contribution in [3.8, 4) is 0 Å². The van der Waals surface area contributed by atoms with Gasteiger partial charge in [-0.1, -0.05) is 6.92 Å². The molecule has 0 spiro atoms. The second-order valence-corrected chi connectivity index (χ2v) is 5.00. The number of nitrogen functional groups attached to an aromatic ring is 1. The van der Waals surface area contributed by atoms with Crippen LogP contribution >= 0.6 is 0 Å². The molecule has 0 aliphatic carbocycles.